The Labute approximate surface area is 89.6 Å². The van der Waals surface area contributed by atoms with Crippen LogP contribution in [0.1, 0.15) is 25.0 Å². The lowest BCUT2D eigenvalue weighted by Crippen LogP contribution is -2.35. The van der Waals surface area contributed by atoms with Gasteiger partial charge in [-0.15, -0.1) is 0 Å². The van der Waals surface area contributed by atoms with Crippen LogP contribution in [0.5, 0.6) is 5.75 Å². The highest BCUT2D eigenvalue weighted by Gasteiger charge is 2.26. The highest BCUT2D eigenvalue weighted by Crippen LogP contribution is 2.31. The molecule has 0 aliphatic carbocycles. The van der Waals surface area contributed by atoms with Crippen LogP contribution in [-0.2, 0) is 17.8 Å². The molecule has 0 bridgehead atoms. The van der Waals surface area contributed by atoms with Crippen LogP contribution in [0.15, 0.2) is 18.2 Å². The summed E-state index contributed by atoms with van der Waals surface area (Å²) < 4.78 is 11.2. The second kappa shape index (κ2) is 3.83. The van der Waals surface area contributed by atoms with Crippen molar-refractivity contribution in [2.24, 2.45) is 0 Å². The number of hydrogen-bond donors (Lipinski definition) is 1. The summed E-state index contributed by atoms with van der Waals surface area (Å²) in [5.41, 5.74) is 2.17. The van der Waals surface area contributed by atoms with Crippen LogP contribution in [0.2, 0.25) is 0 Å². The summed E-state index contributed by atoms with van der Waals surface area (Å²) in [7, 11) is 0. The molecule has 1 aliphatic rings. The van der Waals surface area contributed by atoms with Gasteiger partial charge < -0.3 is 14.6 Å². The van der Waals surface area contributed by atoms with Gasteiger partial charge in [0.25, 0.3) is 0 Å². The molecule has 3 heteroatoms. The van der Waals surface area contributed by atoms with Crippen LogP contribution >= 0.6 is 0 Å². The Kier molecular flexibility index (Phi) is 2.67. The lowest BCUT2D eigenvalue weighted by Gasteiger charge is -2.32. The van der Waals surface area contributed by atoms with Gasteiger partial charge in [0, 0.05) is 26.0 Å². The predicted molar refractivity (Wildman–Crippen MR) is 56.7 cm³/mol. The molecule has 3 nitrogen and oxygen atoms in total. The topological polar surface area (TPSA) is 38.7 Å². The number of aliphatic hydroxyl groups is 1. The molecule has 0 fully saturated rings. The zero-order valence-corrected chi connectivity index (χ0v) is 9.12. The third-order valence-corrected chi connectivity index (χ3v) is 2.46. The molecule has 0 radical (unpaired) electrons. The van der Waals surface area contributed by atoms with E-state index in [4.69, 9.17) is 14.6 Å². The molecule has 1 aromatic carbocycles. The Bertz CT molecular complexity index is 358. The van der Waals surface area contributed by atoms with Gasteiger partial charge in [0.2, 0.25) is 5.79 Å². The minimum Gasteiger partial charge on any atom is -0.463 e. The van der Waals surface area contributed by atoms with Gasteiger partial charge in [0.05, 0.1) is 6.61 Å². The lowest BCUT2D eigenvalue weighted by atomic mass is 10.1. The molecular weight excluding hydrogens is 192 g/mol. The van der Waals surface area contributed by atoms with Gasteiger partial charge in [0.1, 0.15) is 5.75 Å². The van der Waals surface area contributed by atoms with Gasteiger partial charge in [-0.05, 0) is 24.1 Å². The van der Waals surface area contributed by atoms with E-state index in [0.29, 0.717) is 13.0 Å². The maximum Gasteiger partial charge on any atom is 0.205 e. The fraction of sp³-hybridized carbons (Fsp3) is 0.500. The second-order valence-electron chi connectivity index (χ2n) is 4.21. The summed E-state index contributed by atoms with van der Waals surface area (Å²) >= 11 is 0. The minimum absolute atomic E-state index is 0.173. The molecule has 0 saturated carbocycles. The van der Waals surface area contributed by atoms with E-state index in [1.807, 2.05) is 32.0 Å². The predicted octanol–water partition coefficient (Wildman–Crippen LogP) is 1.87. The lowest BCUT2D eigenvalue weighted by molar-refractivity contribution is -0.180. The number of fused-ring (bicyclic) bond motifs is 1. The molecule has 0 saturated heterocycles. The molecule has 0 amide bonds. The monoisotopic (exact) mass is 208 g/mol. The van der Waals surface area contributed by atoms with E-state index < -0.39 is 5.79 Å². The number of rotatable bonds is 2. The van der Waals surface area contributed by atoms with Gasteiger partial charge in [-0.2, -0.15) is 0 Å². The van der Waals surface area contributed by atoms with Crippen molar-refractivity contribution in [3.05, 3.63) is 29.3 Å². The van der Waals surface area contributed by atoms with Gasteiger partial charge in [0.15, 0.2) is 0 Å². The SMILES string of the molecule is CC1(C)OCc2cc(CCO)ccc2O1. The van der Waals surface area contributed by atoms with Crippen LogP contribution < -0.4 is 4.74 Å². The smallest absolute Gasteiger partial charge is 0.205 e. The van der Waals surface area contributed by atoms with Gasteiger partial charge in [-0.3, -0.25) is 0 Å². The Balaban J connectivity index is 2.24. The molecule has 0 atom stereocenters. The maximum absolute atomic E-state index is 8.84. The molecule has 2 rings (SSSR count). The average Bonchev–Trinajstić information content (AvgIpc) is 2.18. The third kappa shape index (κ3) is 2.30. The van der Waals surface area contributed by atoms with Crippen molar-refractivity contribution in [1.29, 1.82) is 0 Å². The van der Waals surface area contributed by atoms with Crippen molar-refractivity contribution in [3.63, 3.8) is 0 Å². The van der Waals surface area contributed by atoms with E-state index in [-0.39, 0.29) is 6.61 Å². The molecule has 0 unspecified atom stereocenters. The van der Waals surface area contributed by atoms with Crippen LogP contribution in [0, 0.1) is 0 Å². The van der Waals surface area contributed by atoms with Crippen molar-refractivity contribution < 1.29 is 14.6 Å². The normalized spacial score (nSPS) is 18.1. The number of hydrogen-bond acceptors (Lipinski definition) is 3. The van der Waals surface area contributed by atoms with Crippen molar-refractivity contribution >= 4 is 0 Å². The molecule has 1 N–H and O–H groups in total. The maximum atomic E-state index is 8.84. The highest BCUT2D eigenvalue weighted by atomic mass is 16.7. The zero-order chi connectivity index (χ0) is 10.9. The summed E-state index contributed by atoms with van der Waals surface area (Å²) in [5.74, 6) is 0.346. The summed E-state index contributed by atoms with van der Waals surface area (Å²) in [6.45, 7) is 4.54. The molecule has 1 aliphatic heterocycles. The van der Waals surface area contributed by atoms with Gasteiger partial charge in [-0.25, -0.2) is 0 Å². The Morgan fingerprint density at radius 2 is 2.20 bits per heavy atom. The molecular formula is C12H16O3. The molecule has 15 heavy (non-hydrogen) atoms. The van der Waals surface area contributed by atoms with E-state index in [0.717, 1.165) is 16.9 Å². The third-order valence-electron chi connectivity index (χ3n) is 2.46. The largest absolute Gasteiger partial charge is 0.463 e. The fourth-order valence-corrected chi connectivity index (χ4v) is 1.68. The Hall–Kier alpha value is -1.06. The van der Waals surface area contributed by atoms with Crippen molar-refractivity contribution in [2.75, 3.05) is 6.61 Å². The van der Waals surface area contributed by atoms with Gasteiger partial charge in [-0.1, -0.05) is 6.07 Å². The van der Waals surface area contributed by atoms with Gasteiger partial charge >= 0.3 is 0 Å². The van der Waals surface area contributed by atoms with Crippen LogP contribution in [0.25, 0.3) is 0 Å². The Morgan fingerprint density at radius 3 is 2.93 bits per heavy atom. The summed E-state index contributed by atoms with van der Waals surface area (Å²) in [6.07, 6.45) is 0.677. The summed E-state index contributed by atoms with van der Waals surface area (Å²) in [6, 6.07) is 5.96. The standard InChI is InChI=1S/C12H16O3/c1-12(2)14-8-10-7-9(5-6-13)3-4-11(10)15-12/h3-4,7,13H,5-6,8H2,1-2H3. The first-order valence-corrected chi connectivity index (χ1v) is 5.16. The molecule has 1 heterocycles. The van der Waals surface area contributed by atoms with E-state index in [9.17, 15) is 0 Å². The van der Waals surface area contributed by atoms with Crippen LogP contribution in [-0.4, -0.2) is 17.5 Å². The molecule has 0 aromatic heterocycles. The first-order valence-electron chi connectivity index (χ1n) is 5.16. The molecule has 0 spiro atoms. The van der Waals surface area contributed by atoms with E-state index in [1.165, 1.54) is 0 Å². The number of benzene rings is 1. The van der Waals surface area contributed by atoms with Crippen molar-refractivity contribution in [1.82, 2.24) is 0 Å². The fourth-order valence-electron chi connectivity index (χ4n) is 1.68. The van der Waals surface area contributed by atoms with E-state index in [2.05, 4.69) is 0 Å². The summed E-state index contributed by atoms with van der Waals surface area (Å²) in [5, 5.41) is 8.84. The second-order valence-corrected chi connectivity index (χ2v) is 4.21. The molecule has 82 valence electrons. The first kappa shape index (κ1) is 10.5. The Morgan fingerprint density at radius 1 is 1.40 bits per heavy atom. The zero-order valence-electron chi connectivity index (χ0n) is 9.12. The summed E-state index contributed by atoms with van der Waals surface area (Å²) in [4.78, 5) is 0. The van der Waals surface area contributed by atoms with Crippen LogP contribution in [0.3, 0.4) is 0 Å². The van der Waals surface area contributed by atoms with E-state index >= 15 is 0 Å². The number of aliphatic hydroxyl groups excluding tert-OH is 1. The first-order chi connectivity index (χ1) is 7.11. The van der Waals surface area contributed by atoms with E-state index in [1.54, 1.807) is 0 Å². The van der Waals surface area contributed by atoms with Crippen molar-refractivity contribution in [3.8, 4) is 5.75 Å². The van der Waals surface area contributed by atoms with Crippen LogP contribution in [0.4, 0.5) is 0 Å². The van der Waals surface area contributed by atoms with Crippen molar-refractivity contribution in [2.45, 2.75) is 32.7 Å². The average molecular weight is 208 g/mol. The number of ether oxygens (including phenoxy) is 2. The minimum atomic E-state index is -0.536. The molecule has 1 aromatic rings. The highest BCUT2D eigenvalue weighted by molar-refractivity contribution is 5.38. The quantitative estimate of drug-likeness (QED) is 0.806.